The second-order valence-corrected chi connectivity index (χ2v) is 4.66. The van der Waals surface area contributed by atoms with Crippen LogP contribution in [0.4, 0.5) is 0 Å². The number of nitrogens with one attached hydrogen (secondary N) is 3. The lowest BCUT2D eigenvalue weighted by molar-refractivity contribution is 0.414. The summed E-state index contributed by atoms with van der Waals surface area (Å²) in [5.74, 6) is 1.52. The minimum Gasteiger partial charge on any atom is -0.497 e. The molecule has 0 aliphatic carbocycles. The van der Waals surface area contributed by atoms with Gasteiger partial charge in [0.2, 0.25) is 5.96 Å². The van der Waals surface area contributed by atoms with Crippen LogP contribution in [0, 0.1) is 5.41 Å². The number of hydrogen-bond donors (Lipinski definition) is 3. The number of rotatable bonds is 6. The van der Waals surface area contributed by atoms with E-state index in [2.05, 4.69) is 21.1 Å². The van der Waals surface area contributed by atoms with Crippen molar-refractivity contribution in [1.29, 1.82) is 5.41 Å². The standard InChI is InChI=1S/C17H19N5O2.ClH/c1-23-15-7-3-13(4-8-15)11-19-21-17(18)22-20-12-14-5-9-16(24-2)10-6-14;/h3-12H,1-2H3,(H3,18,21,22);1H. The van der Waals surface area contributed by atoms with Gasteiger partial charge in [0, 0.05) is 0 Å². The number of guanidine groups is 1. The summed E-state index contributed by atoms with van der Waals surface area (Å²) in [6.45, 7) is 0. The minimum atomic E-state index is -0.0375. The summed E-state index contributed by atoms with van der Waals surface area (Å²) in [5, 5.41) is 15.6. The maximum Gasteiger partial charge on any atom is 0.230 e. The number of halogens is 1. The van der Waals surface area contributed by atoms with Crippen molar-refractivity contribution in [3.05, 3.63) is 59.7 Å². The van der Waals surface area contributed by atoms with Crippen LogP contribution in [0.5, 0.6) is 11.5 Å². The molecule has 0 spiro atoms. The van der Waals surface area contributed by atoms with Crippen LogP contribution in [-0.2, 0) is 0 Å². The van der Waals surface area contributed by atoms with E-state index in [1.54, 1.807) is 26.6 Å². The third-order valence-electron chi connectivity index (χ3n) is 3.01. The van der Waals surface area contributed by atoms with Gasteiger partial charge >= 0.3 is 0 Å². The van der Waals surface area contributed by atoms with Crippen LogP contribution in [0.1, 0.15) is 11.1 Å². The zero-order valence-corrected chi connectivity index (χ0v) is 14.7. The Labute approximate surface area is 152 Å². The van der Waals surface area contributed by atoms with Gasteiger partial charge in [-0.2, -0.15) is 10.2 Å². The maximum absolute atomic E-state index is 7.66. The Morgan fingerprint density at radius 2 is 1.16 bits per heavy atom. The summed E-state index contributed by atoms with van der Waals surface area (Å²) in [7, 11) is 3.23. The first-order valence-corrected chi connectivity index (χ1v) is 7.16. The van der Waals surface area contributed by atoms with Gasteiger partial charge in [-0.3, -0.25) is 5.41 Å². The van der Waals surface area contributed by atoms with Crippen LogP contribution in [0.15, 0.2) is 58.7 Å². The highest BCUT2D eigenvalue weighted by Crippen LogP contribution is 2.10. The third kappa shape index (κ3) is 6.92. The molecule has 0 bridgehead atoms. The van der Waals surface area contributed by atoms with E-state index < -0.39 is 0 Å². The summed E-state index contributed by atoms with van der Waals surface area (Å²) in [4.78, 5) is 0. The Hall–Kier alpha value is -3.06. The van der Waals surface area contributed by atoms with E-state index in [1.165, 1.54) is 0 Å². The molecular formula is C17H20ClN5O2. The fourth-order valence-corrected chi connectivity index (χ4v) is 1.75. The SMILES string of the molecule is COc1ccc(C=NNC(=N)NN=Cc2ccc(OC)cc2)cc1.Cl. The lowest BCUT2D eigenvalue weighted by Gasteiger charge is -2.02. The first kappa shape index (κ1) is 20.0. The zero-order valence-electron chi connectivity index (χ0n) is 13.9. The Balaban J connectivity index is 0.00000312. The van der Waals surface area contributed by atoms with Crippen molar-refractivity contribution in [3.8, 4) is 11.5 Å². The zero-order chi connectivity index (χ0) is 17.2. The highest BCUT2D eigenvalue weighted by Gasteiger charge is 1.93. The molecule has 0 aromatic heterocycles. The number of nitrogens with zero attached hydrogens (tertiary/aromatic N) is 2. The average Bonchev–Trinajstić information content (AvgIpc) is 2.63. The molecule has 0 atom stereocenters. The molecule has 0 aliphatic heterocycles. The van der Waals surface area contributed by atoms with Crippen molar-refractivity contribution in [2.24, 2.45) is 10.2 Å². The third-order valence-corrected chi connectivity index (χ3v) is 3.01. The molecule has 0 saturated heterocycles. The monoisotopic (exact) mass is 361 g/mol. The first-order valence-electron chi connectivity index (χ1n) is 7.16. The molecule has 25 heavy (non-hydrogen) atoms. The summed E-state index contributed by atoms with van der Waals surface area (Å²) in [6, 6.07) is 14.8. The molecule has 0 radical (unpaired) electrons. The predicted octanol–water partition coefficient (Wildman–Crippen LogP) is 2.61. The van der Waals surface area contributed by atoms with Gasteiger partial charge in [-0.1, -0.05) is 0 Å². The first-order chi connectivity index (χ1) is 11.7. The predicted molar refractivity (Wildman–Crippen MR) is 102 cm³/mol. The van der Waals surface area contributed by atoms with Crippen LogP contribution < -0.4 is 20.3 Å². The second kappa shape index (κ2) is 10.7. The van der Waals surface area contributed by atoms with Crippen molar-refractivity contribution >= 4 is 30.8 Å². The highest BCUT2D eigenvalue weighted by atomic mass is 35.5. The van der Waals surface area contributed by atoms with Gasteiger partial charge < -0.3 is 9.47 Å². The average molecular weight is 362 g/mol. The maximum atomic E-state index is 7.66. The number of benzene rings is 2. The molecule has 132 valence electrons. The van der Waals surface area contributed by atoms with Crippen LogP contribution in [-0.4, -0.2) is 32.6 Å². The Kier molecular flexibility index (Phi) is 8.53. The summed E-state index contributed by atoms with van der Waals surface area (Å²) < 4.78 is 10.2. The molecule has 2 rings (SSSR count). The molecule has 0 unspecified atom stereocenters. The summed E-state index contributed by atoms with van der Waals surface area (Å²) >= 11 is 0. The molecule has 0 saturated carbocycles. The summed E-state index contributed by atoms with van der Waals surface area (Å²) in [6.07, 6.45) is 3.20. The molecule has 2 aromatic carbocycles. The second-order valence-electron chi connectivity index (χ2n) is 4.66. The van der Waals surface area contributed by atoms with E-state index in [0.29, 0.717) is 0 Å². The Morgan fingerprint density at radius 1 is 0.800 bits per heavy atom. The number of methoxy groups -OCH3 is 2. The van der Waals surface area contributed by atoms with E-state index in [0.717, 1.165) is 22.6 Å². The normalized spacial score (nSPS) is 10.3. The fourth-order valence-electron chi connectivity index (χ4n) is 1.75. The van der Waals surface area contributed by atoms with Gasteiger partial charge in [0.25, 0.3) is 0 Å². The van der Waals surface area contributed by atoms with Crippen molar-refractivity contribution < 1.29 is 9.47 Å². The van der Waals surface area contributed by atoms with Crippen LogP contribution in [0.2, 0.25) is 0 Å². The minimum absolute atomic E-state index is 0. The van der Waals surface area contributed by atoms with Crippen LogP contribution >= 0.6 is 12.4 Å². The lowest BCUT2D eigenvalue weighted by atomic mass is 10.2. The van der Waals surface area contributed by atoms with E-state index in [9.17, 15) is 0 Å². The molecule has 8 heteroatoms. The molecule has 2 aromatic rings. The molecule has 0 amide bonds. The number of hydrazone groups is 2. The van der Waals surface area contributed by atoms with E-state index in [-0.39, 0.29) is 18.4 Å². The van der Waals surface area contributed by atoms with E-state index in [1.807, 2.05) is 48.5 Å². The van der Waals surface area contributed by atoms with Gasteiger partial charge in [0.1, 0.15) is 11.5 Å². The van der Waals surface area contributed by atoms with Crippen molar-refractivity contribution in [3.63, 3.8) is 0 Å². The topological polar surface area (TPSA) is 91.1 Å². The van der Waals surface area contributed by atoms with E-state index in [4.69, 9.17) is 14.9 Å². The number of ether oxygens (including phenoxy) is 2. The highest BCUT2D eigenvalue weighted by molar-refractivity contribution is 5.85. The summed E-state index contributed by atoms with van der Waals surface area (Å²) in [5.41, 5.74) is 6.86. The van der Waals surface area contributed by atoms with Gasteiger partial charge in [-0.15, -0.1) is 12.4 Å². The molecule has 0 heterocycles. The van der Waals surface area contributed by atoms with Crippen molar-refractivity contribution in [1.82, 2.24) is 10.9 Å². The molecule has 7 nitrogen and oxygen atoms in total. The molecular weight excluding hydrogens is 342 g/mol. The van der Waals surface area contributed by atoms with Crippen molar-refractivity contribution in [2.45, 2.75) is 0 Å². The smallest absolute Gasteiger partial charge is 0.230 e. The number of hydrogen-bond acceptors (Lipinski definition) is 5. The van der Waals surface area contributed by atoms with Gasteiger partial charge in [0.05, 0.1) is 26.6 Å². The molecule has 0 aliphatic rings. The fraction of sp³-hybridized carbons (Fsp3) is 0.118. The van der Waals surface area contributed by atoms with Crippen LogP contribution in [0.25, 0.3) is 0 Å². The van der Waals surface area contributed by atoms with Gasteiger partial charge in [0.15, 0.2) is 0 Å². The Morgan fingerprint density at radius 3 is 1.48 bits per heavy atom. The van der Waals surface area contributed by atoms with Crippen LogP contribution in [0.3, 0.4) is 0 Å². The van der Waals surface area contributed by atoms with Gasteiger partial charge in [-0.05, 0) is 59.7 Å². The molecule has 0 fully saturated rings. The lowest BCUT2D eigenvalue weighted by Crippen LogP contribution is -2.29. The largest absolute Gasteiger partial charge is 0.497 e. The van der Waals surface area contributed by atoms with Gasteiger partial charge in [-0.25, -0.2) is 10.9 Å². The molecule has 3 N–H and O–H groups in total. The Bertz CT molecular complexity index is 653. The van der Waals surface area contributed by atoms with Crippen molar-refractivity contribution in [2.75, 3.05) is 14.2 Å². The van der Waals surface area contributed by atoms with E-state index >= 15 is 0 Å². The quantitative estimate of drug-likeness (QED) is 0.419.